The van der Waals surface area contributed by atoms with E-state index in [2.05, 4.69) is 31.0 Å². The SMILES string of the molecule is CC(C)(C)CCNC(=O)C(=O)c1ccc(OCCN2CCOCC2)c2ccccc12. The number of nitrogens with one attached hydrogen (secondary N) is 1. The Bertz CT molecular complexity index is 882. The predicted octanol–water partition coefficient (Wildman–Crippen LogP) is 3.29. The van der Waals surface area contributed by atoms with Crippen LogP contribution in [0.3, 0.4) is 0 Å². The predicted molar refractivity (Wildman–Crippen MR) is 118 cm³/mol. The van der Waals surface area contributed by atoms with E-state index in [1.165, 1.54) is 0 Å². The average molecular weight is 413 g/mol. The van der Waals surface area contributed by atoms with Gasteiger partial charge in [-0.2, -0.15) is 0 Å². The van der Waals surface area contributed by atoms with E-state index in [1.54, 1.807) is 12.1 Å². The van der Waals surface area contributed by atoms with Crippen LogP contribution < -0.4 is 10.1 Å². The molecule has 1 N–H and O–H groups in total. The van der Waals surface area contributed by atoms with Gasteiger partial charge in [0.1, 0.15) is 12.4 Å². The van der Waals surface area contributed by atoms with E-state index in [0.29, 0.717) is 18.7 Å². The number of hydrogen-bond acceptors (Lipinski definition) is 5. The molecule has 1 amide bonds. The molecule has 0 bridgehead atoms. The highest BCUT2D eigenvalue weighted by Crippen LogP contribution is 2.29. The Kier molecular flexibility index (Phi) is 7.45. The smallest absolute Gasteiger partial charge is 0.292 e. The fourth-order valence-electron chi connectivity index (χ4n) is 3.46. The summed E-state index contributed by atoms with van der Waals surface area (Å²) in [4.78, 5) is 27.5. The summed E-state index contributed by atoms with van der Waals surface area (Å²) in [5.74, 6) is -0.353. The summed E-state index contributed by atoms with van der Waals surface area (Å²) >= 11 is 0. The minimum Gasteiger partial charge on any atom is -0.492 e. The lowest BCUT2D eigenvalue weighted by Crippen LogP contribution is -2.38. The van der Waals surface area contributed by atoms with Crippen LogP contribution in [0.25, 0.3) is 10.8 Å². The van der Waals surface area contributed by atoms with Gasteiger partial charge in [-0.05, 0) is 29.4 Å². The lowest BCUT2D eigenvalue weighted by atomic mass is 9.92. The zero-order valence-corrected chi connectivity index (χ0v) is 18.2. The van der Waals surface area contributed by atoms with Crippen LogP contribution in [0.2, 0.25) is 0 Å². The molecule has 0 unspecified atom stereocenters. The number of Topliss-reactive ketones (excluding diaryl/α,β-unsaturated/α-hetero) is 1. The van der Waals surface area contributed by atoms with E-state index in [-0.39, 0.29) is 5.41 Å². The Hall–Kier alpha value is -2.44. The van der Waals surface area contributed by atoms with E-state index in [4.69, 9.17) is 9.47 Å². The molecule has 0 saturated carbocycles. The minimum absolute atomic E-state index is 0.100. The van der Waals surface area contributed by atoms with Crippen LogP contribution in [0, 0.1) is 5.41 Å². The summed E-state index contributed by atoms with van der Waals surface area (Å²) in [6, 6.07) is 11.0. The van der Waals surface area contributed by atoms with Crippen molar-refractivity contribution >= 4 is 22.5 Å². The molecule has 6 nitrogen and oxygen atoms in total. The van der Waals surface area contributed by atoms with Crippen molar-refractivity contribution < 1.29 is 19.1 Å². The highest BCUT2D eigenvalue weighted by atomic mass is 16.5. The number of nitrogens with zero attached hydrogens (tertiary/aromatic N) is 1. The second-order valence-electron chi connectivity index (χ2n) is 8.86. The molecule has 1 aliphatic rings. The lowest BCUT2D eigenvalue weighted by molar-refractivity contribution is -0.117. The molecule has 162 valence electrons. The summed E-state index contributed by atoms with van der Waals surface area (Å²) in [5, 5.41) is 4.33. The Morgan fingerprint density at radius 3 is 2.47 bits per heavy atom. The molecule has 0 radical (unpaired) electrons. The second-order valence-corrected chi connectivity index (χ2v) is 8.86. The number of carbonyl (C=O) groups excluding carboxylic acids is 2. The van der Waals surface area contributed by atoms with E-state index < -0.39 is 11.7 Å². The Labute approximate surface area is 178 Å². The topological polar surface area (TPSA) is 67.9 Å². The monoisotopic (exact) mass is 412 g/mol. The van der Waals surface area contributed by atoms with Gasteiger partial charge >= 0.3 is 0 Å². The molecule has 1 heterocycles. The quantitative estimate of drug-likeness (QED) is 0.532. The molecule has 3 rings (SSSR count). The van der Waals surface area contributed by atoms with Gasteiger partial charge in [-0.15, -0.1) is 0 Å². The zero-order chi connectivity index (χ0) is 21.6. The molecule has 6 heteroatoms. The number of hydrogen-bond donors (Lipinski definition) is 1. The first-order valence-corrected chi connectivity index (χ1v) is 10.6. The number of fused-ring (bicyclic) bond motifs is 1. The Morgan fingerprint density at radius 1 is 1.07 bits per heavy atom. The zero-order valence-electron chi connectivity index (χ0n) is 18.2. The van der Waals surface area contributed by atoms with Gasteiger partial charge in [-0.25, -0.2) is 0 Å². The number of rotatable bonds is 8. The van der Waals surface area contributed by atoms with Gasteiger partial charge in [0.25, 0.3) is 11.7 Å². The Balaban J connectivity index is 1.68. The molecule has 0 aromatic heterocycles. The molecular formula is C24H32N2O4. The first kappa shape index (κ1) is 22.2. The molecule has 2 aromatic carbocycles. The highest BCUT2D eigenvalue weighted by molar-refractivity contribution is 6.45. The molecule has 30 heavy (non-hydrogen) atoms. The van der Waals surface area contributed by atoms with Crippen LogP contribution >= 0.6 is 0 Å². The summed E-state index contributed by atoms with van der Waals surface area (Å²) in [5.41, 5.74) is 0.503. The number of amides is 1. The number of morpholine rings is 1. The third kappa shape index (κ3) is 6.03. The van der Waals surface area contributed by atoms with E-state index in [1.807, 2.05) is 24.3 Å². The lowest BCUT2D eigenvalue weighted by Gasteiger charge is -2.26. The van der Waals surface area contributed by atoms with E-state index in [0.717, 1.165) is 55.8 Å². The van der Waals surface area contributed by atoms with Crippen LogP contribution in [0.4, 0.5) is 0 Å². The third-order valence-corrected chi connectivity index (χ3v) is 5.26. The maximum Gasteiger partial charge on any atom is 0.292 e. The summed E-state index contributed by atoms with van der Waals surface area (Å²) in [6.07, 6.45) is 0.808. The minimum atomic E-state index is -0.564. The van der Waals surface area contributed by atoms with Gasteiger partial charge in [0.15, 0.2) is 0 Å². The van der Waals surface area contributed by atoms with Crippen LogP contribution in [-0.4, -0.2) is 62.6 Å². The third-order valence-electron chi connectivity index (χ3n) is 5.26. The molecular weight excluding hydrogens is 380 g/mol. The van der Waals surface area contributed by atoms with Crippen LogP contribution in [0.15, 0.2) is 36.4 Å². The van der Waals surface area contributed by atoms with Gasteiger partial charge in [0.05, 0.1) is 13.2 Å². The number of ether oxygens (including phenoxy) is 2. The summed E-state index contributed by atoms with van der Waals surface area (Å²) < 4.78 is 11.4. The maximum absolute atomic E-state index is 12.8. The van der Waals surface area contributed by atoms with Crippen molar-refractivity contribution in [3.05, 3.63) is 42.0 Å². The first-order valence-electron chi connectivity index (χ1n) is 10.6. The van der Waals surface area contributed by atoms with Gasteiger partial charge in [-0.1, -0.05) is 45.0 Å². The molecule has 0 aliphatic carbocycles. The normalized spacial score (nSPS) is 15.2. The fourth-order valence-corrected chi connectivity index (χ4v) is 3.46. The molecule has 1 saturated heterocycles. The molecule has 1 fully saturated rings. The molecule has 0 spiro atoms. The van der Waals surface area contributed by atoms with Crippen LogP contribution in [0.1, 0.15) is 37.6 Å². The van der Waals surface area contributed by atoms with Gasteiger partial charge in [0, 0.05) is 37.1 Å². The van der Waals surface area contributed by atoms with Crippen LogP contribution in [0.5, 0.6) is 5.75 Å². The van der Waals surface area contributed by atoms with Crippen molar-refractivity contribution in [3.63, 3.8) is 0 Å². The largest absolute Gasteiger partial charge is 0.492 e. The fraction of sp³-hybridized carbons (Fsp3) is 0.500. The Morgan fingerprint density at radius 2 is 1.77 bits per heavy atom. The van der Waals surface area contributed by atoms with Crippen molar-refractivity contribution in [2.45, 2.75) is 27.2 Å². The number of ketones is 1. The van der Waals surface area contributed by atoms with Crippen LogP contribution in [-0.2, 0) is 9.53 Å². The van der Waals surface area contributed by atoms with Crippen molar-refractivity contribution in [2.75, 3.05) is 46.0 Å². The summed E-state index contributed by atoms with van der Waals surface area (Å²) in [6.45, 7) is 11.5. The second kappa shape index (κ2) is 10.0. The van der Waals surface area contributed by atoms with Crippen molar-refractivity contribution in [2.24, 2.45) is 5.41 Å². The number of benzene rings is 2. The van der Waals surface area contributed by atoms with Gasteiger partial charge in [-0.3, -0.25) is 14.5 Å². The molecule has 1 aliphatic heterocycles. The molecule has 0 atom stereocenters. The van der Waals surface area contributed by atoms with E-state index in [9.17, 15) is 9.59 Å². The van der Waals surface area contributed by atoms with E-state index >= 15 is 0 Å². The first-order chi connectivity index (χ1) is 14.3. The van der Waals surface area contributed by atoms with Crippen molar-refractivity contribution in [1.29, 1.82) is 0 Å². The van der Waals surface area contributed by atoms with Crippen molar-refractivity contribution in [3.8, 4) is 5.75 Å². The maximum atomic E-state index is 12.8. The van der Waals surface area contributed by atoms with Crippen molar-refractivity contribution in [1.82, 2.24) is 10.2 Å². The molecule has 2 aromatic rings. The highest BCUT2D eigenvalue weighted by Gasteiger charge is 2.21. The summed E-state index contributed by atoms with van der Waals surface area (Å²) in [7, 11) is 0. The standard InChI is InChI=1S/C24H32N2O4/c1-24(2,3)10-11-25-23(28)22(27)20-8-9-21(19-7-5-4-6-18(19)20)30-17-14-26-12-15-29-16-13-26/h4-9H,10-17H2,1-3H3,(H,25,28). The van der Waals surface area contributed by atoms with Gasteiger partial charge < -0.3 is 14.8 Å². The average Bonchev–Trinajstić information content (AvgIpc) is 2.73. The van der Waals surface area contributed by atoms with Gasteiger partial charge in [0.2, 0.25) is 0 Å². The number of carbonyl (C=O) groups is 2.